The summed E-state index contributed by atoms with van der Waals surface area (Å²) >= 11 is 0. The molecule has 4 rings (SSSR count). The van der Waals surface area contributed by atoms with E-state index in [9.17, 15) is 4.79 Å². The van der Waals surface area contributed by atoms with E-state index in [4.69, 9.17) is 4.74 Å². The van der Waals surface area contributed by atoms with Gasteiger partial charge < -0.3 is 9.64 Å². The van der Waals surface area contributed by atoms with E-state index in [0.29, 0.717) is 6.04 Å². The van der Waals surface area contributed by atoms with Crippen LogP contribution in [0.25, 0.3) is 0 Å². The second-order valence-corrected chi connectivity index (χ2v) is 7.26. The highest BCUT2D eigenvalue weighted by Gasteiger charge is 2.30. The number of carbonyl (C=O) groups excluding carboxylic acids is 1. The summed E-state index contributed by atoms with van der Waals surface area (Å²) in [6, 6.07) is 16.6. The molecule has 0 N–H and O–H groups in total. The summed E-state index contributed by atoms with van der Waals surface area (Å²) in [5.74, 6) is 0.916. The maximum Gasteiger partial charge on any atom is 0.253 e. The zero-order valence-electron chi connectivity index (χ0n) is 15.4. The van der Waals surface area contributed by atoms with E-state index in [1.54, 1.807) is 7.11 Å². The van der Waals surface area contributed by atoms with Crippen molar-refractivity contribution in [1.82, 2.24) is 9.80 Å². The summed E-state index contributed by atoms with van der Waals surface area (Å²) in [6.07, 6.45) is 3.36. The van der Waals surface area contributed by atoms with E-state index < -0.39 is 0 Å². The highest BCUT2D eigenvalue weighted by Crippen LogP contribution is 2.25. The Morgan fingerprint density at radius 3 is 2.58 bits per heavy atom. The fourth-order valence-electron chi connectivity index (χ4n) is 4.18. The van der Waals surface area contributed by atoms with Gasteiger partial charge in [-0.1, -0.05) is 24.3 Å². The normalized spacial score (nSPS) is 20.5. The first-order valence-corrected chi connectivity index (χ1v) is 9.49. The second-order valence-electron chi connectivity index (χ2n) is 7.26. The minimum atomic E-state index is 0.134. The minimum Gasteiger partial charge on any atom is -0.497 e. The SMILES string of the molecule is COc1ccc(C(=O)N2CCC[C@@H](N3CCc4ccccc4C3)C2)cc1. The van der Waals surface area contributed by atoms with Gasteiger partial charge in [0.1, 0.15) is 5.75 Å². The quantitative estimate of drug-likeness (QED) is 0.851. The molecule has 0 spiro atoms. The van der Waals surface area contributed by atoms with Gasteiger partial charge in [0.2, 0.25) is 0 Å². The van der Waals surface area contributed by atoms with Crippen LogP contribution in [0.5, 0.6) is 5.75 Å². The molecule has 2 aliphatic heterocycles. The van der Waals surface area contributed by atoms with Crippen LogP contribution in [-0.4, -0.2) is 48.5 Å². The first-order valence-electron chi connectivity index (χ1n) is 9.49. The fourth-order valence-corrected chi connectivity index (χ4v) is 4.18. The zero-order valence-corrected chi connectivity index (χ0v) is 15.4. The van der Waals surface area contributed by atoms with Crippen LogP contribution < -0.4 is 4.74 Å². The Balaban J connectivity index is 1.43. The third-order valence-electron chi connectivity index (χ3n) is 5.70. The standard InChI is InChI=1S/C22H26N2O2/c1-26-21-10-8-18(9-11-21)22(25)24-13-4-7-20(16-24)23-14-12-17-5-2-3-6-19(17)15-23/h2-3,5-6,8-11,20H,4,7,12-16H2,1H3/t20-/m1/s1. The van der Waals surface area contributed by atoms with Crippen LogP contribution in [0.3, 0.4) is 0 Å². The lowest BCUT2D eigenvalue weighted by Gasteiger charge is -2.41. The number of benzene rings is 2. The van der Waals surface area contributed by atoms with Gasteiger partial charge in [-0.25, -0.2) is 0 Å². The Kier molecular flexibility index (Phi) is 4.93. The summed E-state index contributed by atoms with van der Waals surface area (Å²) in [5.41, 5.74) is 3.67. The van der Waals surface area contributed by atoms with Gasteiger partial charge >= 0.3 is 0 Å². The average molecular weight is 350 g/mol. The number of rotatable bonds is 3. The third kappa shape index (κ3) is 3.47. The molecule has 0 bridgehead atoms. The van der Waals surface area contributed by atoms with Gasteiger partial charge in [-0.2, -0.15) is 0 Å². The molecule has 1 saturated heterocycles. The molecule has 2 aromatic carbocycles. The molecule has 2 aromatic rings. The smallest absolute Gasteiger partial charge is 0.253 e. The predicted octanol–water partition coefficient (Wildman–Crippen LogP) is 3.36. The van der Waals surface area contributed by atoms with Crippen molar-refractivity contribution in [2.75, 3.05) is 26.7 Å². The molecule has 1 fully saturated rings. The molecular formula is C22H26N2O2. The van der Waals surface area contributed by atoms with E-state index in [2.05, 4.69) is 29.2 Å². The van der Waals surface area contributed by atoms with Crippen molar-refractivity contribution in [2.24, 2.45) is 0 Å². The van der Waals surface area contributed by atoms with Crippen LogP contribution >= 0.6 is 0 Å². The second kappa shape index (κ2) is 7.50. The van der Waals surface area contributed by atoms with Crippen LogP contribution in [0.15, 0.2) is 48.5 Å². The largest absolute Gasteiger partial charge is 0.497 e. The van der Waals surface area contributed by atoms with Crippen molar-refractivity contribution in [1.29, 1.82) is 0 Å². The van der Waals surface area contributed by atoms with Gasteiger partial charge in [0.15, 0.2) is 0 Å². The molecule has 26 heavy (non-hydrogen) atoms. The Hall–Kier alpha value is -2.33. The average Bonchev–Trinajstić information content (AvgIpc) is 2.73. The van der Waals surface area contributed by atoms with Gasteiger partial charge in [-0.05, 0) is 54.7 Å². The van der Waals surface area contributed by atoms with Crippen molar-refractivity contribution in [3.63, 3.8) is 0 Å². The van der Waals surface area contributed by atoms with Crippen molar-refractivity contribution in [3.05, 3.63) is 65.2 Å². The summed E-state index contributed by atoms with van der Waals surface area (Å²) in [4.78, 5) is 17.5. The number of piperidine rings is 1. The number of fused-ring (bicyclic) bond motifs is 1. The lowest BCUT2D eigenvalue weighted by Crippen LogP contribution is -2.51. The monoisotopic (exact) mass is 350 g/mol. The Morgan fingerprint density at radius 2 is 1.81 bits per heavy atom. The van der Waals surface area contributed by atoms with Gasteiger partial charge in [0, 0.05) is 37.8 Å². The van der Waals surface area contributed by atoms with Crippen molar-refractivity contribution >= 4 is 5.91 Å². The number of ether oxygens (including phenoxy) is 1. The van der Waals surface area contributed by atoms with Crippen molar-refractivity contribution in [3.8, 4) is 5.75 Å². The van der Waals surface area contributed by atoms with Crippen molar-refractivity contribution in [2.45, 2.75) is 31.8 Å². The molecule has 0 aromatic heterocycles. The lowest BCUT2D eigenvalue weighted by atomic mass is 9.95. The maximum absolute atomic E-state index is 12.9. The first-order chi connectivity index (χ1) is 12.7. The van der Waals surface area contributed by atoms with Crippen LogP contribution in [0, 0.1) is 0 Å². The molecule has 0 aliphatic carbocycles. The number of likely N-dealkylation sites (tertiary alicyclic amines) is 1. The lowest BCUT2D eigenvalue weighted by molar-refractivity contribution is 0.0549. The highest BCUT2D eigenvalue weighted by molar-refractivity contribution is 5.94. The molecule has 4 heteroatoms. The Labute approximate surface area is 155 Å². The van der Waals surface area contributed by atoms with E-state index in [1.165, 1.54) is 17.5 Å². The van der Waals surface area contributed by atoms with Gasteiger partial charge in [0.05, 0.1) is 7.11 Å². The molecule has 2 aliphatic rings. The molecule has 2 heterocycles. The Morgan fingerprint density at radius 1 is 1.04 bits per heavy atom. The van der Waals surface area contributed by atoms with Crippen LogP contribution in [-0.2, 0) is 13.0 Å². The van der Waals surface area contributed by atoms with Gasteiger partial charge in [-0.3, -0.25) is 9.69 Å². The number of carbonyl (C=O) groups is 1. The Bertz CT molecular complexity index is 772. The third-order valence-corrected chi connectivity index (χ3v) is 5.70. The highest BCUT2D eigenvalue weighted by atomic mass is 16.5. The predicted molar refractivity (Wildman–Crippen MR) is 102 cm³/mol. The first kappa shape index (κ1) is 17.1. The summed E-state index contributed by atoms with van der Waals surface area (Å²) in [5, 5.41) is 0. The summed E-state index contributed by atoms with van der Waals surface area (Å²) in [6.45, 7) is 3.77. The zero-order chi connectivity index (χ0) is 17.9. The van der Waals surface area contributed by atoms with Gasteiger partial charge in [-0.15, -0.1) is 0 Å². The van der Waals surface area contributed by atoms with Crippen LogP contribution in [0.1, 0.15) is 34.3 Å². The number of amides is 1. The topological polar surface area (TPSA) is 32.8 Å². The molecular weight excluding hydrogens is 324 g/mol. The summed E-state index contributed by atoms with van der Waals surface area (Å²) < 4.78 is 5.19. The van der Waals surface area contributed by atoms with E-state index in [1.807, 2.05) is 29.2 Å². The van der Waals surface area contributed by atoms with Crippen LogP contribution in [0.2, 0.25) is 0 Å². The van der Waals surface area contributed by atoms with Crippen LogP contribution in [0.4, 0.5) is 0 Å². The molecule has 136 valence electrons. The van der Waals surface area contributed by atoms with Gasteiger partial charge in [0.25, 0.3) is 5.91 Å². The number of hydrogen-bond donors (Lipinski definition) is 0. The van der Waals surface area contributed by atoms with E-state index in [-0.39, 0.29) is 5.91 Å². The molecule has 4 nitrogen and oxygen atoms in total. The molecule has 0 unspecified atom stereocenters. The van der Waals surface area contributed by atoms with E-state index in [0.717, 1.165) is 50.3 Å². The minimum absolute atomic E-state index is 0.134. The molecule has 0 saturated carbocycles. The number of hydrogen-bond acceptors (Lipinski definition) is 3. The number of nitrogens with zero attached hydrogens (tertiary/aromatic N) is 2. The molecule has 1 atom stereocenters. The van der Waals surface area contributed by atoms with Crippen molar-refractivity contribution < 1.29 is 9.53 Å². The molecule has 1 amide bonds. The molecule has 0 radical (unpaired) electrons. The van der Waals surface area contributed by atoms with E-state index >= 15 is 0 Å². The summed E-state index contributed by atoms with van der Waals surface area (Å²) in [7, 11) is 1.64. The number of methoxy groups -OCH3 is 1. The maximum atomic E-state index is 12.9. The fraction of sp³-hybridized carbons (Fsp3) is 0.409.